The van der Waals surface area contributed by atoms with Crippen LogP contribution in [0.3, 0.4) is 0 Å². The van der Waals surface area contributed by atoms with Crippen LogP contribution in [0.2, 0.25) is 0 Å². The molecule has 0 saturated heterocycles. The van der Waals surface area contributed by atoms with Crippen molar-refractivity contribution < 1.29 is 13.6 Å². The summed E-state index contributed by atoms with van der Waals surface area (Å²) in [6.45, 7) is 1.62. The molecule has 1 heterocycles. The molecule has 2 aromatic carbocycles. The Morgan fingerprint density at radius 3 is 2.56 bits per heavy atom. The van der Waals surface area contributed by atoms with Gasteiger partial charge >= 0.3 is 0 Å². The molecule has 1 aromatic heterocycles. The topological polar surface area (TPSA) is 46.9 Å². The molecular weight excluding hydrogens is 324 g/mol. The summed E-state index contributed by atoms with van der Waals surface area (Å²) in [5.74, 6) is -0.945. The second-order valence-corrected chi connectivity index (χ2v) is 5.79. The maximum absolute atomic E-state index is 14.3. The lowest BCUT2D eigenvalue weighted by atomic mass is 10.0. The monoisotopic (exact) mass is 341 g/mol. The maximum atomic E-state index is 14.3. The molecule has 0 aliphatic heterocycles. The van der Waals surface area contributed by atoms with Crippen molar-refractivity contribution in [1.29, 1.82) is 0 Å². The number of amides is 1. The van der Waals surface area contributed by atoms with E-state index >= 15 is 0 Å². The molecule has 0 spiro atoms. The first kappa shape index (κ1) is 16.8. The predicted octanol–water partition coefficient (Wildman–Crippen LogP) is 3.53. The van der Waals surface area contributed by atoms with Crippen LogP contribution in [0.25, 0.3) is 0 Å². The molecule has 1 atom stereocenters. The molecule has 0 radical (unpaired) electrons. The summed E-state index contributed by atoms with van der Waals surface area (Å²) in [4.78, 5) is 16.8. The number of carbonyl (C=O) groups is 1. The van der Waals surface area contributed by atoms with Crippen LogP contribution in [0, 0.1) is 18.6 Å². The highest BCUT2D eigenvalue weighted by Crippen LogP contribution is 2.23. The van der Waals surface area contributed by atoms with Gasteiger partial charge in [-0.2, -0.15) is 0 Å². The molecule has 0 unspecified atom stereocenters. The lowest BCUT2D eigenvalue weighted by molar-refractivity contribution is 0.0940. The molecule has 3 rings (SSSR count). The number of nitrogens with one attached hydrogen (secondary N) is 1. The Hall–Kier alpha value is -3.02. The average Bonchev–Trinajstić information content (AvgIpc) is 3.01. The van der Waals surface area contributed by atoms with Crippen molar-refractivity contribution in [3.8, 4) is 0 Å². The van der Waals surface area contributed by atoms with Crippen molar-refractivity contribution in [1.82, 2.24) is 14.9 Å². The Bertz CT molecular complexity index is 921. The van der Waals surface area contributed by atoms with Gasteiger partial charge in [-0.05, 0) is 30.7 Å². The van der Waals surface area contributed by atoms with Crippen LogP contribution >= 0.6 is 0 Å². The van der Waals surface area contributed by atoms with E-state index in [-0.39, 0.29) is 11.1 Å². The Morgan fingerprint density at radius 2 is 1.92 bits per heavy atom. The third-order valence-corrected chi connectivity index (χ3v) is 4.04. The molecule has 4 nitrogen and oxygen atoms in total. The normalized spacial score (nSPS) is 12.0. The Balaban J connectivity index is 1.98. The molecule has 1 amide bonds. The summed E-state index contributed by atoms with van der Waals surface area (Å²) >= 11 is 0. The molecule has 25 heavy (non-hydrogen) atoms. The Kier molecular flexibility index (Phi) is 4.61. The summed E-state index contributed by atoms with van der Waals surface area (Å²) in [5.41, 5.74) is 0.905. The van der Waals surface area contributed by atoms with E-state index in [0.717, 1.165) is 0 Å². The molecule has 1 N–H and O–H groups in total. The van der Waals surface area contributed by atoms with Gasteiger partial charge in [0.05, 0.1) is 0 Å². The van der Waals surface area contributed by atoms with Gasteiger partial charge in [0.25, 0.3) is 5.91 Å². The summed E-state index contributed by atoms with van der Waals surface area (Å²) < 4.78 is 29.7. The zero-order valence-electron chi connectivity index (χ0n) is 13.8. The van der Waals surface area contributed by atoms with Crippen molar-refractivity contribution >= 4 is 5.91 Å². The Morgan fingerprint density at radius 1 is 1.16 bits per heavy atom. The fraction of sp³-hybridized carbons (Fsp3) is 0.158. The van der Waals surface area contributed by atoms with E-state index < -0.39 is 23.6 Å². The van der Waals surface area contributed by atoms with Crippen LogP contribution < -0.4 is 5.32 Å². The highest BCUT2D eigenvalue weighted by Gasteiger charge is 2.24. The van der Waals surface area contributed by atoms with E-state index in [9.17, 15) is 13.6 Å². The van der Waals surface area contributed by atoms with Crippen molar-refractivity contribution in [2.24, 2.45) is 7.05 Å². The molecule has 6 heteroatoms. The van der Waals surface area contributed by atoms with Crippen LogP contribution in [0.4, 0.5) is 8.78 Å². The van der Waals surface area contributed by atoms with E-state index in [1.807, 2.05) is 0 Å². The summed E-state index contributed by atoms with van der Waals surface area (Å²) in [7, 11) is 1.76. The number of hydrogen-bond acceptors (Lipinski definition) is 2. The number of hydrogen-bond donors (Lipinski definition) is 1. The third kappa shape index (κ3) is 3.42. The van der Waals surface area contributed by atoms with E-state index in [1.54, 1.807) is 49.1 Å². The number of carbonyl (C=O) groups excluding carboxylic acids is 1. The number of imidazole rings is 1. The molecule has 0 aliphatic carbocycles. The van der Waals surface area contributed by atoms with Gasteiger partial charge < -0.3 is 9.88 Å². The SMILES string of the molecule is Cc1ccc(C(=O)N[C@@H](c2ccccc2F)c2nccn2C)cc1F. The molecule has 128 valence electrons. The quantitative estimate of drug-likeness (QED) is 0.789. The summed E-state index contributed by atoms with van der Waals surface area (Å²) in [6.07, 6.45) is 3.28. The number of aromatic nitrogens is 2. The second kappa shape index (κ2) is 6.84. The Labute approximate surface area is 144 Å². The van der Waals surface area contributed by atoms with Crippen molar-refractivity contribution in [2.75, 3.05) is 0 Å². The first-order valence-electron chi connectivity index (χ1n) is 7.76. The first-order chi connectivity index (χ1) is 12.0. The van der Waals surface area contributed by atoms with Gasteiger partial charge in [0, 0.05) is 30.6 Å². The van der Waals surface area contributed by atoms with Crippen LogP contribution in [0.15, 0.2) is 54.9 Å². The number of rotatable bonds is 4. The molecule has 0 fully saturated rings. The third-order valence-electron chi connectivity index (χ3n) is 4.04. The largest absolute Gasteiger partial charge is 0.338 e. The number of halogens is 2. The minimum atomic E-state index is -0.793. The number of nitrogens with zero attached hydrogens (tertiary/aromatic N) is 2. The van der Waals surface area contributed by atoms with Crippen LogP contribution in [0.1, 0.15) is 33.4 Å². The van der Waals surface area contributed by atoms with Gasteiger partial charge in [-0.3, -0.25) is 4.79 Å². The highest BCUT2D eigenvalue weighted by molar-refractivity contribution is 5.94. The fourth-order valence-electron chi connectivity index (χ4n) is 2.59. The molecule has 0 bridgehead atoms. The summed E-state index contributed by atoms with van der Waals surface area (Å²) in [5, 5.41) is 2.75. The van der Waals surface area contributed by atoms with Crippen molar-refractivity contribution in [2.45, 2.75) is 13.0 Å². The standard InChI is InChI=1S/C19H17F2N3O/c1-12-7-8-13(11-16(12)21)19(25)23-17(18-22-9-10-24(18)2)14-5-3-4-6-15(14)20/h3-11,17H,1-2H3,(H,23,25)/t17-/m0/s1. The first-order valence-corrected chi connectivity index (χ1v) is 7.76. The van der Waals surface area contributed by atoms with Gasteiger partial charge in [0.1, 0.15) is 23.5 Å². The van der Waals surface area contributed by atoms with E-state index in [2.05, 4.69) is 10.3 Å². The predicted molar refractivity (Wildman–Crippen MR) is 90.1 cm³/mol. The van der Waals surface area contributed by atoms with Crippen LogP contribution in [0.5, 0.6) is 0 Å². The van der Waals surface area contributed by atoms with Gasteiger partial charge in [-0.15, -0.1) is 0 Å². The smallest absolute Gasteiger partial charge is 0.252 e. The number of aryl methyl sites for hydroxylation is 2. The lowest BCUT2D eigenvalue weighted by Crippen LogP contribution is -2.31. The minimum absolute atomic E-state index is 0.165. The minimum Gasteiger partial charge on any atom is -0.338 e. The van der Waals surface area contributed by atoms with Gasteiger partial charge in [-0.1, -0.05) is 24.3 Å². The van der Waals surface area contributed by atoms with E-state index in [4.69, 9.17) is 0 Å². The second-order valence-electron chi connectivity index (χ2n) is 5.79. The molecule has 0 aliphatic rings. The summed E-state index contributed by atoms with van der Waals surface area (Å²) in [6, 6.07) is 9.61. The molecule has 0 saturated carbocycles. The van der Waals surface area contributed by atoms with Crippen LogP contribution in [-0.4, -0.2) is 15.5 Å². The van der Waals surface area contributed by atoms with Crippen molar-refractivity contribution in [3.05, 3.63) is 89.0 Å². The maximum Gasteiger partial charge on any atom is 0.252 e. The zero-order valence-corrected chi connectivity index (χ0v) is 13.8. The number of benzene rings is 2. The average molecular weight is 341 g/mol. The van der Waals surface area contributed by atoms with Crippen molar-refractivity contribution in [3.63, 3.8) is 0 Å². The lowest BCUT2D eigenvalue weighted by Gasteiger charge is -2.20. The molecular formula is C19H17F2N3O. The van der Waals surface area contributed by atoms with Crippen LogP contribution in [-0.2, 0) is 7.05 Å². The van der Waals surface area contributed by atoms with E-state index in [0.29, 0.717) is 11.4 Å². The highest BCUT2D eigenvalue weighted by atomic mass is 19.1. The van der Waals surface area contributed by atoms with E-state index in [1.165, 1.54) is 24.3 Å². The van der Waals surface area contributed by atoms with Gasteiger partial charge in [0.2, 0.25) is 0 Å². The van der Waals surface area contributed by atoms with Gasteiger partial charge in [0.15, 0.2) is 0 Å². The molecule has 3 aromatic rings. The van der Waals surface area contributed by atoms with Gasteiger partial charge in [-0.25, -0.2) is 13.8 Å². The zero-order chi connectivity index (χ0) is 18.0. The fourth-order valence-corrected chi connectivity index (χ4v) is 2.59.